The molecule has 2 aromatic rings. The number of benzene rings is 1. The quantitative estimate of drug-likeness (QED) is 0.460. The van der Waals surface area contributed by atoms with E-state index >= 15 is 0 Å². The lowest BCUT2D eigenvalue weighted by Crippen LogP contribution is -2.39. The van der Waals surface area contributed by atoms with Crippen molar-refractivity contribution in [1.29, 1.82) is 0 Å². The Labute approximate surface area is 207 Å². The van der Waals surface area contributed by atoms with Crippen LogP contribution in [-0.4, -0.2) is 53.7 Å². The minimum Gasteiger partial charge on any atom is -0.393 e. The summed E-state index contributed by atoms with van der Waals surface area (Å²) in [7, 11) is 0. The van der Waals surface area contributed by atoms with Crippen molar-refractivity contribution in [2.24, 2.45) is 17.8 Å². The van der Waals surface area contributed by atoms with Crippen molar-refractivity contribution in [2.75, 3.05) is 32.7 Å². The zero-order valence-corrected chi connectivity index (χ0v) is 21.5. The maximum Gasteiger partial charge on any atom is 0.0565 e. The molecule has 2 aliphatic rings. The highest BCUT2D eigenvalue weighted by Gasteiger charge is 2.36. The molecule has 32 heavy (non-hydrogen) atoms. The normalized spacial score (nSPS) is 24.4. The van der Waals surface area contributed by atoms with E-state index in [0.29, 0.717) is 28.7 Å². The van der Waals surface area contributed by atoms with Crippen molar-refractivity contribution in [2.45, 2.75) is 51.7 Å². The molecule has 0 bridgehead atoms. The molecule has 0 amide bonds. The first-order valence-electron chi connectivity index (χ1n) is 12.0. The number of piperidine rings is 1. The molecule has 0 saturated carbocycles. The van der Waals surface area contributed by atoms with Crippen LogP contribution in [0.15, 0.2) is 35.0 Å². The van der Waals surface area contributed by atoms with E-state index in [1.165, 1.54) is 18.4 Å². The second-order valence-electron chi connectivity index (χ2n) is 10.1. The van der Waals surface area contributed by atoms with Gasteiger partial charge < -0.3 is 10.0 Å². The molecule has 2 saturated heterocycles. The maximum atomic E-state index is 10.3. The Morgan fingerprint density at radius 2 is 1.88 bits per heavy atom. The molecular formula is C26H36Cl2N2OS. The van der Waals surface area contributed by atoms with Crippen molar-refractivity contribution in [3.05, 3.63) is 56.2 Å². The summed E-state index contributed by atoms with van der Waals surface area (Å²) < 4.78 is 0. The standard InChI is InChI=1S/C26H36Cl2N2OS/c1-18(2)26(31)11-19-5-8-29(9-6-19)14-22-15-30(16-24(22)21-7-10-32-17-21)13-20-3-4-23(27)12-25(20)28/h3-4,7,10,12,17-19,22,24,26,31H,5-6,8-9,11,13-16H2,1-2H3. The predicted molar refractivity (Wildman–Crippen MR) is 137 cm³/mol. The molecule has 1 aromatic heterocycles. The summed E-state index contributed by atoms with van der Waals surface area (Å²) in [5.74, 6) is 2.24. The van der Waals surface area contributed by atoms with E-state index < -0.39 is 0 Å². The predicted octanol–water partition coefficient (Wildman–Crippen LogP) is 6.39. The van der Waals surface area contributed by atoms with E-state index in [0.717, 1.165) is 56.3 Å². The number of aliphatic hydroxyl groups is 1. The first kappa shape index (κ1) is 24.5. The molecule has 1 aromatic carbocycles. The van der Waals surface area contributed by atoms with Crippen LogP contribution in [0, 0.1) is 17.8 Å². The SMILES string of the molecule is CC(C)C(O)CC1CCN(CC2CN(Cc3ccc(Cl)cc3Cl)CC2c2ccsc2)CC1. The van der Waals surface area contributed by atoms with E-state index in [-0.39, 0.29) is 6.10 Å². The number of rotatable bonds is 8. The van der Waals surface area contributed by atoms with Gasteiger partial charge in [-0.05, 0) is 90.2 Å². The highest BCUT2D eigenvalue weighted by atomic mass is 35.5. The summed E-state index contributed by atoms with van der Waals surface area (Å²) in [5.41, 5.74) is 2.64. The number of hydrogen-bond acceptors (Lipinski definition) is 4. The van der Waals surface area contributed by atoms with Gasteiger partial charge in [0, 0.05) is 42.1 Å². The molecule has 0 spiro atoms. The number of thiophene rings is 1. The number of likely N-dealkylation sites (tertiary alicyclic amines) is 2. The van der Waals surface area contributed by atoms with Gasteiger partial charge in [-0.25, -0.2) is 0 Å². The van der Waals surface area contributed by atoms with Crippen molar-refractivity contribution >= 4 is 34.5 Å². The van der Waals surface area contributed by atoms with Crippen LogP contribution < -0.4 is 0 Å². The average Bonchev–Trinajstić information content (AvgIpc) is 3.41. The number of nitrogens with zero attached hydrogens (tertiary/aromatic N) is 2. The second kappa shape index (κ2) is 11.2. The van der Waals surface area contributed by atoms with E-state index in [2.05, 4.69) is 46.5 Å². The molecule has 3 unspecified atom stereocenters. The maximum absolute atomic E-state index is 10.3. The Morgan fingerprint density at radius 1 is 1.09 bits per heavy atom. The van der Waals surface area contributed by atoms with E-state index in [4.69, 9.17) is 23.2 Å². The van der Waals surface area contributed by atoms with Crippen molar-refractivity contribution in [1.82, 2.24) is 9.80 Å². The van der Waals surface area contributed by atoms with Gasteiger partial charge in [0.15, 0.2) is 0 Å². The molecule has 176 valence electrons. The number of aliphatic hydroxyl groups excluding tert-OH is 1. The zero-order chi connectivity index (χ0) is 22.7. The summed E-state index contributed by atoms with van der Waals surface area (Å²) in [6.07, 6.45) is 3.23. The van der Waals surface area contributed by atoms with Crippen LogP contribution in [0.3, 0.4) is 0 Å². The van der Waals surface area contributed by atoms with Crippen molar-refractivity contribution in [3.8, 4) is 0 Å². The summed E-state index contributed by atoms with van der Waals surface area (Å²) in [6.45, 7) is 10.8. The van der Waals surface area contributed by atoms with Gasteiger partial charge in [-0.1, -0.05) is 43.1 Å². The summed E-state index contributed by atoms with van der Waals surface area (Å²) in [4.78, 5) is 5.23. The van der Waals surface area contributed by atoms with Gasteiger partial charge in [0.25, 0.3) is 0 Å². The van der Waals surface area contributed by atoms with Crippen LogP contribution in [0.4, 0.5) is 0 Å². The van der Waals surface area contributed by atoms with Gasteiger partial charge in [0.2, 0.25) is 0 Å². The molecule has 3 atom stereocenters. The first-order valence-corrected chi connectivity index (χ1v) is 13.7. The molecule has 2 aliphatic heterocycles. The lowest BCUT2D eigenvalue weighted by molar-refractivity contribution is 0.0726. The van der Waals surface area contributed by atoms with E-state index in [1.807, 2.05) is 12.1 Å². The fraction of sp³-hybridized carbons (Fsp3) is 0.615. The van der Waals surface area contributed by atoms with Gasteiger partial charge in [0.1, 0.15) is 0 Å². The number of hydrogen-bond donors (Lipinski definition) is 1. The lowest BCUT2D eigenvalue weighted by atomic mass is 9.86. The first-order chi connectivity index (χ1) is 15.4. The lowest BCUT2D eigenvalue weighted by Gasteiger charge is -2.35. The molecule has 3 heterocycles. The number of halogens is 2. The Bertz CT molecular complexity index is 852. The van der Waals surface area contributed by atoms with E-state index in [1.54, 1.807) is 11.3 Å². The molecule has 4 rings (SSSR count). The molecule has 1 N–H and O–H groups in total. The Balaban J connectivity index is 1.36. The van der Waals surface area contributed by atoms with Gasteiger partial charge >= 0.3 is 0 Å². The highest BCUT2D eigenvalue weighted by Crippen LogP contribution is 2.37. The topological polar surface area (TPSA) is 26.7 Å². The van der Waals surface area contributed by atoms with Crippen LogP contribution >= 0.6 is 34.5 Å². The fourth-order valence-electron chi connectivity index (χ4n) is 5.38. The van der Waals surface area contributed by atoms with Gasteiger partial charge in [0.05, 0.1) is 6.10 Å². The monoisotopic (exact) mass is 494 g/mol. The molecule has 0 radical (unpaired) electrons. The molecule has 3 nitrogen and oxygen atoms in total. The minimum absolute atomic E-state index is 0.155. The Hall–Kier alpha value is -0.620. The van der Waals surface area contributed by atoms with Gasteiger partial charge in [-0.3, -0.25) is 4.90 Å². The van der Waals surface area contributed by atoms with Crippen LogP contribution in [0.5, 0.6) is 0 Å². The molecular weight excluding hydrogens is 459 g/mol. The molecule has 6 heteroatoms. The largest absolute Gasteiger partial charge is 0.393 e. The third kappa shape index (κ3) is 6.28. The van der Waals surface area contributed by atoms with Gasteiger partial charge in [-0.2, -0.15) is 11.3 Å². The van der Waals surface area contributed by atoms with Crippen molar-refractivity contribution in [3.63, 3.8) is 0 Å². The second-order valence-corrected chi connectivity index (χ2v) is 11.8. The minimum atomic E-state index is -0.155. The Kier molecular flexibility index (Phi) is 8.58. The van der Waals surface area contributed by atoms with Crippen molar-refractivity contribution < 1.29 is 5.11 Å². The van der Waals surface area contributed by atoms with E-state index in [9.17, 15) is 5.11 Å². The van der Waals surface area contributed by atoms with Crippen LogP contribution in [-0.2, 0) is 6.54 Å². The summed E-state index contributed by atoms with van der Waals surface area (Å²) in [5, 5.41) is 16.3. The third-order valence-corrected chi connectivity index (χ3v) is 8.73. The van der Waals surface area contributed by atoms with Crippen LogP contribution in [0.2, 0.25) is 10.0 Å². The van der Waals surface area contributed by atoms with Crippen LogP contribution in [0.1, 0.15) is 50.2 Å². The molecule has 2 fully saturated rings. The Morgan fingerprint density at radius 3 is 2.53 bits per heavy atom. The molecule has 0 aliphatic carbocycles. The fourth-order valence-corrected chi connectivity index (χ4v) is 6.57. The third-order valence-electron chi connectivity index (χ3n) is 7.44. The summed E-state index contributed by atoms with van der Waals surface area (Å²) in [6, 6.07) is 8.16. The smallest absolute Gasteiger partial charge is 0.0565 e. The summed E-state index contributed by atoms with van der Waals surface area (Å²) >= 11 is 14.4. The van der Waals surface area contributed by atoms with Crippen LogP contribution in [0.25, 0.3) is 0 Å². The van der Waals surface area contributed by atoms with Gasteiger partial charge in [-0.15, -0.1) is 0 Å². The zero-order valence-electron chi connectivity index (χ0n) is 19.2. The average molecular weight is 496 g/mol. The highest BCUT2D eigenvalue weighted by molar-refractivity contribution is 7.08.